The summed E-state index contributed by atoms with van der Waals surface area (Å²) in [6.45, 7) is 9.88. The van der Waals surface area contributed by atoms with Crippen molar-refractivity contribution in [3.05, 3.63) is 29.8 Å². The summed E-state index contributed by atoms with van der Waals surface area (Å²) < 4.78 is 5.37. The quantitative estimate of drug-likeness (QED) is 0.917. The molecule has 0 atom stereocenters. The van der Waals surface area contributed by atoms with E-state index in [1.807, 2.05) is 46.8 Å². The van der Waals surface area contributed by atoms with Crippen LogP contribution in [-0.4, -0.2) is 20.7 Å². The van der Waals surface area contributed by atoms with Crippen molar-refractivity contribution in [2.24, 2.45) is 5.73 Å². The Balaban J connectivity index is 2.40. The highest BCUT2D eigenvalue weighted by Gasteiger charge is 2.40. The highest BCUT2D eigenvalue weighted by atomic mass is 16.5. The number of aromatic nitrogens is 3. The van der Waals surface area contributed by atoms with Crippen LogP contribution in [0.2, 0.25) is 0 Å². The predicted molar refractivity (Wildman–Crippen MR) is 73.6 cm³/mol. The Hall–Kier alpha value is -1.75. The molecule has 0 aliphatic heterocycles. The Morgan fingerprint density at radius 2 is 1.89 bits per heavy atom. The van der Waals surface area contributed by atoms with Crippen LogP contribution in [0, 0.1) is 6.92 Å². The van der Waals surface area contributed by atoms with Crippen molar-refractivity contribution in [2.45, 2.75) is 45.6 Å². The molecule has 0 radical (unpaired) electrons. The number of hydrogen-bond donors (Lipinski definition) is 1. The second-order valence-electron chi connectivity index (χ2n) is 5.99. The standard InChI is InChI=1S/C14H20N4O/c1-9-6-7-16-10(8-9)11-17-12(19-18-11)13(2,3)14(4,5)15/h6-8H,15H2,1-5H3. The van der Waals surface area contributed by atoms with Crippen LogP contribution in [0.1, 0.15) is 39.1 Å². The fraction of sp³-hybridized carbons (Fsp3) is 0.500. The van der Waals surface area contributed by atoms with Crippen molar-refractivity contribution in [1.82, 2.24) is 15.1 Å². The van der Waals surface area contributed by atoms with Crippen molar-refractivity contribution in [3.63, 3.8) is 0 Å². The van der Waals surface area contributed by atoms with Gasteiger partial charge >= 0.3 is 0 Å². The van der Waals surface area contributed by atoms with Gasteiger partial charge in [-0.1, -0.05) is 5.16 Å². The van der Waals surface area contributed by atoms with Gasteiger partial charge in [-0.25, -0.2) is 0 Å². The lowest BCUT2D eigenvalue weighted by Crippen LogP contribution is -2.50. The van der Waals surface area contributed by atoms with Crippen LogP contribution in [0.15, 0.2) is 22.9 Å². The molecule has 0 saturated heterocycles. The van der Waals surface area contributed by atoms with Crippen LogP contribution in [0.5, 0.6) is 0 Å². The van der Waals surface area contributed by atoms with Crippen molar-refractivity contribution in [2.75, 3.05) is 0 Å². The van der Waals surface area contributed by atoms with Gasteiger partial charge in [0.15, 0.2) is 0 Å². The zero-order valence-electron chi connectivity index (χ0n) is 12.1. The zero-order chi connectivity index (χ0) is 14.3. The molecule has 102 valence electrons. The molecule has 2 heterocycles. The van der Waals surface area contributed by atoms with Crippen LogP contribution in [-0.2, 0) is 5.41 Å². The summed E-state index contributed by atoms with van der Waals surface area (Å²) in [4.78, 5) is 8.69. The average molecular weight is 260 g/mol. The van der Waals surface area contributed by atoms with Crippen molar-refractivity contribution >= 4 is 0 Å². The third-order valence-corrected chi connectivity index (χ3v) is 3.72. The van der Waals surface area contributed by atoms with Gasteiger partial charge in [-0.15, -0.1) is 0 Å². The van der Waals surface area contributed by atoms with Gasteiger partial charge in [0.05, 0.1) is 5.41 Å². The van der Waals surface area contributed by atoms with E-state index in [0.717, 1.165) is 5.56 Å². The molecule has 0 bridgehead atoms. The molecule has 5 nitrogen and oxygen atoms in total. The van der Waals surface area contributed by atoms with E-state index in [1.54, 1.807) is 6.20 Å². The Kier molecular flexibility index (Phi) is 3.18. The summed E-state index contributed by atoms with van der Waals surface area (Å²) in [5, 5.41) is 4.00. The maximum Gasteiger partial charge on any atom is 0.234 e. The molecule has 2 aromatic heterocycles. The first-order chi connectivity index (χ1) is 8.72. The van der Waals surface area contributed by atoms with Gasteiger partial charge in [-0.2, -0.15) is 4.98 Å². The van der Waals surface area contributed by atoms with Crippen LogP contribution in [0.3, 0.4) is 0 Å². The normalized spacial score (nSPS) is 12.7. The van der Waals surface area contributed by atoms with E-state index < -0.39 is 11.0 Å². The Labute approximate surface area is 113 Å². The predicted octanol–water partition coefficient (Wildman–Crippen LogP) is 2.45. The summed E-state index contributed by atoms with van der Waals surface area (Å²) in [5.41, 5.74) is 7.11. The second-order valence-corrected chi connectivity index (χ2v) is 5.99. The number of aryl methyl sites for hydroxylation is 1. The molecule has 19 heavy (non-hydrogen) atoms. The number of rotatable bonds is 3. The lowest BCUT2D eigenvalue weighted by atomic mass is 9.75. The third-order valence-electron chi connectivity index (χ3n) is 3.72. The van der Waals surface area contributed by atoms with Gasteiger partial charge in [-0.05, 0) is 52.3 Å². The molecule has 0 saturated carbocycles. The maximum atomic E-state index is 6.17. The van der Waals surface area contributed by atoms with Gasteiger partial charge < -0.3 is 10.3 Å². The molecule has 2 N–H and O–H groups in total. The molecule has 0 amide bonds. The lowest BCUT2D eigenvalue weighted by molar-refractivity contribution is 0.223. The third kappa shape index (κ3) is 2.51. The topological polar surface area (TPSA) is 77.8 Å². The fourth-order valence-corrected chi connectivity index (χ4v) is 1.52. The van der Waals surface area contributed by atoms with E-state index in [4.69, 9.17) is 10.3 Å². The van der Waals surface area contributed by atoms with Gasteiger partial charge in [0.1, 0.15) is 5.69 Å². The van der Waals surface area contributed by atoms with Crippen LogP contribution in [0.4, 0.5) is 0 Å². The van der Waals surface area contributed by atoms with E-state index in [9.17, 15) is 0 Å². The van der Waals surface area contributed by atoms with E-state index in [2.05, 4.69) is 15.1 Å². The summed E-state index contributed by atoms with van der Waals surface area (Å²) >= 11 is 0. The summed E-state index contributed by atoms with van der Waals surface area (Å²) in [6, 6.07) is 3.85. The highest BCUT2D eigenvalue weighted by Crippen LogP contribution is 2.32. The Morgan fingerprint density at radius 1 is 1.21 bits per heavy atom. The van der Waals surface area contributed by atoms with Crippen LogP contribution < -0.4 is 5.73 Å². The maximum absolute atomic E-state index is 6.17. The second kappa shape index (κ2) is 4.42. The molecular formula is C14H20N4O. The SMILES string of the molecule is Cc1ccnc(-c2noc(C(C)(C)C(C)(C)N)n2)c1. The summed E-state index contributed by atoms with van der Waals surface area (Å²) in [7, 11) is 0. The van der Waals surface area contributed by atoms with Crippen molar-refractivity contribution in [1.29, 1.82) is 0 Å². The molecule has 0 spiro atoms. The molecule has 0 aliphatic rings. The molecular weight excluding hydrogens is 240 g/mol. The minimum Gasteiger partial charge on any atom is -0.338 e. The minimum atomic E-state index is -0.461. The van der Waals surface area contributed by atoms with Gasteiger partial charge in [0.2, 0.25) is 11.7 Å². The van der Waals surface area contributed by atoms with E-state index >= 15 is 0 Å². The highest BCUT2D eigenvalue weighted by molar-refractivity contribution is 5.49. The van der Waals surface area contributed by atoms with Crippen LogP contribution in [0.25, 0.3) is 11.5 Å². The van der Waals surface area contributed by atoms with Crippen molar-refractivity contribution in [3.8, 4) is 11.5 Å². The number of pyridine rings is 1. The summed E-state index contributed by atoms with van der Waals surface area (Å²) in [6.07, 6.45) is 1.73. The minimum absolute atomic E-state index is 0.415. The van der Waals surface area contributed by atoms with Gasteiger partial charge in [0.25, 0.3) is 0 Å². The first-order valence-electron chi connectivity index (χ1n) is 6.28. The molecule has 0 aliphatic carbocycles. The van der Waals surface area contributed by atoms with E-state index in [0.29, 0.717) is 17.4 Å². The zero-order valence-corrected chi connectivity index (χ0v) is 12.1. The molecule has 5 heteroatoms. The van der Waals surface area contributed by atoms with E-state index in [-0.39, 0.29) is 0 Å². The van der Waals surface area contributed by atoms with Crippen molar-refractivity contribution < 1.29 is 4.52 Å². The van der Waals surface area contributed by atoms with Gasteiger partial charge in [0, 0.05) is 11.7 Å². The number of nitrogens with two attached hydrogens (primary N) is 1. The van der Waals surface area contributed by atoms with E-state index in [1.165, 1.54) is 0 Å². The Morgan fingerprint density at radius 3 is 2.47 bits per heavy atom. The first kappa shape index (κ1) is 13.7. The molecule has 0 fully saturated rings. The lowest BCUT2D eigenvalue weighted by Gasteiger charge is -2.34. The smallest absolute Gasteiger partial charge is 0.234 e. The average Bonchev–Trinajstić information content (AvgIpc) is 2.77. The molecule has 2 rings (SSSR count). The Bertz CT molecular complexity index is 581. The molecule has 0 aromatic carbocycles. The molecule has 0 unspecified atom stereocenters. The fourth-order valence-electron chi connectivity index (χ4n) is 1.52. The van der Waals surface area contributed by atoms with Crippen LogP contribution >= 0.6 is 0 Å². The summed E-state index contributed by atoms with van der Waals surface area (Å²) in [5.74, 6) is 1.02. The molecule has 2 aromatic rings. The first-order valence-corrected chi connectivity index (χ1v) is 6.28. The monoisotopic (exact) mass is 260 g/mol. The number of nitrogens with zero attached hydrogens (tertiary/aromatic N) is 3. The number of hydrogen-bond acceptors (Lipinski definition) is 5. The largest absolute Gasteiger partial charge is 0.338 e. The van der Waals surface area contributed by atoms with Gasteiger partial charge in [-0.3, -0.25) is 4.98 Å².